The van der Waals surface area contributed by atoms with Crippen molar-refractivity contribution >= 4 is 11.9 Å². The van der Waals surface area contributed by atoms with E-state index in [4.69, 9.17) is 5.11 Å². The molecule has 0 aromatic heterocycles. The number of aliphatic carboxylic acids is 1. The van der Waals surface area contributed by atoms with E-state index in [9.17, 15) is 9.59 Å². The number of carbonyl (C=O) groups is 2. The first-order valence-corrected chi connectivity index (χ1v) is 5.70. The molecule has 0 saturated heterocycles. The Morgan fingerprint density at radius 1 is 1.07 bits per heavy atom. The first-order valence-electron chi connectivity index (χ1n) is 5.70. The van der Waals surface area contributed by atoms with Crippen LogP contribution in [0.15, 0.2) is 0 Å². The average Bonchev–Trinajstić information content (AvgIpc) is 3.01. The van der Waals surface area contributed by atoms with Gasteiger partial charge in [0.05, 0.1) is 5.92 Å². The molecule has 0 aromatic rings. The predicted molar refractivity (Wildman–Crippen MR) is 54.2 cm³/mol. The van der Waals surface area contributed by atoms with E-state index < -0.39 is 5.97 Å². The number of amides is 1. The van der Waals surface area contributed by atoms with Gasteiger partial charge in [-0.15, -0.1) is 0 Å². The zero-order valence-electron chi connectivity index (χ0n) is 8.74. The maximum Gasteiger partial charge on any atom is 0.306 e. The lowest BCUT2D eigenvalue weighted by Crippen LogP contribution is -2.40. The molecule has 1 amide bonds. The first-order chi connectivity index (χ1) is 7.16. The van der Waals surface area contributed by atoms with E-state index in [1.54, 1.807) is 0 Å². The minimum absolute atomic E-state index is 0.0907. The molecule has 2 aliphatic carbocycles. The summed E-state index contributed by atoms with van der Waals surface area (Å²) in [5.74, 6) is -0.634. The lowest BCUT2D eigenvalue weighted by atomic mass is 9.86. The Morgan fingerprint density at radius 2 is 1.80 bits per heavy atom. The van der Waals surface area contributed by atoms with E-state index in [0.29, 0.717) is 6.42 Å². The topological polar surface area (TPSA) is 66.4 Å². The monoisotopic (exact) mass is 211 g/mol. The fraction of sp³-hybridized carbons (Fsp3) is 0.818. The average molecular weight is 211 g/mol. The Labute approximate surface area is 89.0 Å². The van der Waals surface area contributed by atoms with Gasteiger partial charge >= 0.3 is 5.97 Å². The van der Waals surface area contributed by atoms with Crippen LogP contribution in [0.25, 0.3) is 0 Å². The van der Waals surface area contributed by atoms with Crippen LogP contribution in [0.2, 0.25) is 0 Å². The van der Waals surface area contributed by atoms with Crippen molar-refractivity contribution in [3.05, 3.63) is 0 Å². The summed E-state index contributed by atoms with van der Waals surface area (Å²) in [4.78, 5) is 22.3. The van der Waals surface area contributed by atoms with Crippen LogP contribution in [0.1, 0.15) is 38.5 Å². The number of carboxylic acid groups (broad SMARTS) is 1. The van der Waals surface area contributed by atoms with Crippen molar-refractivity contribution in [2.45, 2.75) is 44.6 Å². The van der Waals surface area contributed by atoms with Gasteiger partial charge in [0.15, 0.2) is 0 Å². The molecule has 4 heteroatoms. The molecule has 0 heterocycles. The Morgan fingerprint density at radius 3 is 2.40 bits per heavy atom. The summed E-state index contributed by atoms with van der Waals surface area (Å²) < 4.78 is 0. The van der Waals surface area contributed by atoms with Gasteiger partial charge < -0.3 is 10.4 Å². The van der Waals surface area contributed by atoms with Gasteiger partial charge in [-0.2, -0.15) is 0 Å². The smallest absolute Gasteiger partial charge is 0.306 e. The molecular weight excluding hydrogens is 194 g/mol. The summed E-state index contributed by atoms with van der Waals surface area (Å²) in [6.07, 6.45) is 5.20. The summed E-state index contributed by atoms with van der Waals surface area (Å²) in [5.41, 5.74) is 0. The van der Waals surface area contributed by atoms with E-state index in [-0.39, 0.29) is 23.8 Å². The van der Waals surface area contributed by atoms with Crippen LogP contribution >= 0.6 is 0 Å². The predicted octanol–water partition coefficient (Wildman–Crippen LogP) is 1.16. The zero-order chi connectivity index (χ0) is 10.8. The molecule has 0 aromatic carbocycles. The molecule has 84 valence electrons. The van der Waals surface area contributed by atoms with Gasteiger partial charge in [-0.25, -0.2) is 0 Å². The van der Waals surface area contributed by atoms with E-state index in [2.05, 4.69) is 5.32 Å². The fourth-order valence-corrected chi connectivity index (χ4v) is 2.21. The molecule has 0 bridgehead atoms. The van der Waals surface area contributed by atoms with Gasteiger partial charge in [0.2, 0.25) is 5.91 Å². The number of carboxylic acids is 1. The van der Waals surface area contributed by atoms with Crippen molar-refractivity contribution in [3.8, 4) is 0 Å². The molecule has 2 N–H and O–H groups in total. The van der Waals surface area contributed by atoms with Gasteiger partial charge in [0.25, 0.3) is 0 Å². The number of hydrogen-bond acceptors (Lipinski definition) is 2. The van der Waals surface area contributed by atoms with Crippen molar-refractivity contribution in [1.82, 2.24) is 5.32 Å². The van der Waals surface area contributed by atoms with Crippen LogP contribution in [-0.2, 0) is 9.59 Å². The highest BCUT2D eigenvalue weighted by molar-refractivity contribution is 5.81. The van der Waals surface area contributed by atoms with Crippen molar-refractivity contribution in [2.75, 3.05) is 0 Å². The van der Waals surface area contributed by atoms with E-state index in [1.165, 1.54) is 0 Å². The fourth-order valence-electron chi connectivity index (χ4n) is 2.21. The largest absolute Gasteiger partial charge is 0.481 e. The van der Waals surface area contributed by atoms with Crippen LogP contribution in [0.5, 0.6) is 0 Å². The Balaban J connectivity index is 1.81. The second kappa shape index (κ2) is 4.21. The van der Waals surface area contributed by atoms with Gasteiger partial charge in [0.1, 0.15) is 0 Å². The second-order valence-electron chi connectivity index (χ2n) is 4.68. The van der Waals surface area contributed by atoms with Gasteiger partial charge in [-0.1, -0.05) is 6.42 Å². The molecule has 0 radical (unpaired) electrons. The molecule has 2 saturated carbocycles. The molecule has 0 spiro atoms. The zero-order valence-corrected chi connectivity index (χ0v) is 8.74. The maximum atomic E-state index is 11.5. The number of hydrogen-bond donors (Lipinski definition) is 2. The molecule has 4 nitrogen and oxygen atoms in total. The minimum Gasteiger partial charge on any atom is -0.481 e. The number of carbonyl (C=O) groups excluding carboxylic acids is 1. The van der Waals surface area contributed by atoms with E-state index in [0.717, 1.165) is 32.1 Å². The molecule has 0 aliphatic heterocycles. The summed E-state index contributed by atoms with van der Waals surface area (Å²) in [6.45, 7) is 0. The summed E-state index contributed by atoms with van der Waals surface area (Å²) in [7, 11) is 0. The molecule has 15 heavy (non-hydrogen) atoms. The Bertz CT molecular complexity index is 273. The first kappa shape index (κ1) is 10.5. The van der Waals surface area contributed by atoms with E-state index >= 15 is 0 Å². The van der Waals surface area contributed by atoms with Gasteiger partial charge in [-0.05, 0) is 32.1 Å². The van der Waals surface area contributed by atoms with Crippen molar-refractivity contribution in [1.29, 1.82) is 0 Å². The molecule has 2 aliphatic rings. The molecule has 2 fully saturated rings. The van der Waals surface area contributed by atoms with Crippen LogP contribution in [0.4, 0.5) is 0 Å². The highest BCUT2D eigenvalue weighted by Crippen LogP contribution is 2.30. The number of rotatable bonds is 3. The van der Waals surface area contributed by atoms with Gasteiger partial charge in [0, 0.05) is 12.0 Å². The molecule has 2 rings (SSSR count). The standard InChI is InChI=1S/C11H17NO3/c13-10(7-4-5-7)12-9-3-1-2-8(6-9)11(14)15/h7-9H,1-6H2,(H,12,13)(H,14,15). The highest BCUT2D eigenvalue weighted by atomic mass is 16.4. The third-order valence-corrected chi connectivity index (χ3v) is 3.32. The minimum atomic E-state index is -0.722. The molecule has 2 unspecified atom stereocenters. The third kappa shape index (κ3) is 2.70. The normalized spacial score (nSPS) is 30.9. The highest BCUT2D eigenvalue weighted by Gasteiger charge is 2.33. The van der Waals surface area contributed by atoms with Crippen LogP contribution in [0, 0.1) is 11.8 Å². The second-order valence-corrected chi connectivity index (χ2v) is 4.68. The lowest BCUT2D eigenvalue weighted by molar-refractivity contribution is -0.143. The van der Waals surface area contributed by atoms with Crippen molar-refractivity contribution < 1.29 is 14.7 Å². The van der Waals surface area contributed by atoms with Crippen LogP contribution in [-0.4, -0.2) is 23.0 Å². The number of nitrogens with one attached hydrogen (secondary N) is 1. The molecular formula is C11H17NO3. The van der Waals surface area contributed by atoms with Gasteiger partial charge in [-0.3, -0.25) is 9.59 Å². The van der Waals surface area contributed by atoms with Crippen molar-refractivity contribution in [3.63, 3.8) is 0 Å². The Hall–Kier alpha value is -1.06. The quantitative estimate of drug-likeness (QED) is 0.736. The van der Waals surface area contributed by atoms with Crippen LogP contribution < -0.4 is 5.32 Å². The Kier molecular flexibility index (Phi) is 2.93. The van der Waals surface area contributed by atoms with Crippen molar-refractivity contribution in [2.24, 2.45) is 11.8 Å². The third-order valence-electron chi connectivity index (χ3n) is 3.32. The van der Waals surface area contributed by atoms with E-state index in [1.807, 2.05) is 0 Å². The molecule has 2 atom stereocenters. The van der Waals surface area contributed by atoms with Crippen LogP contribution in [0.3, 0.4) is 0 Å². The maximum absolute atomic E-state index is 11.5. The summed E-state index contributed by atoms with van der Waals surface area (Å²) in [5, 5.41) is 11.9. The summed E-state index contributed by atoms with van der Waals surface area (Å²) in [6, 6.07) is 0.0907. The SMILES string of the molecule is O=C(O)C1CCCC(NC(=O)C2CC2)C1. The lowest BCUT2D eigenvalue weighted by Gasteiger charge is -2.27. The summed E-state index contributed by atoms with van der Waals surface area (Å²) >= 11 is 0.